The highest BCUT2D eigenvalue weighted by molar-refractivity contribution is 7.56. The summed E-state index contributed by atoms with van der Waals surface area (Å²) in [6.45, 7) is 8.12. The van der Waals surface area contributed by atoms with Crippen LogP contribution in [0.3, 0.4) is 0 Å². The second-order valence-corrected chi connectivity index (χ2v) is 6.87. The van der Waals surface area contributed by atoms with Crippen LogP contribution in [0, 0.1) is 5.41 Å². The molecule has 0 heterocycles. The fourth-order valence-electron chi connectivity index (χ4n) is 1.43. The predicted octanol–water partition coefficient (Wildman–Crippen LogP) is 2.04. The predicted molar refractivity (Wildman–Crippen MR) is 64.9 cm³/mol. The Kier molecular flexibility index (Phi) is 5.35. The molecule has 0 aliphatic heterocycles. The fraction of sp³-hybridized carbons (Fsp3) is 0.900. The number of carboxylic acid groups (broad SMARTS) is 1. The molecule has 0 saturated heterocycles. The number of rotatable bonds is 6. The summed E-state index contributed by atoms with van der Waals surface area (Å²) in [5.74, 6) is -1.39. The van der Waals surface area contributed by atoms with Crippen molar-refractivity contribution >= 4 is 13.6 Å². The first-order valence-electron chi connectivity index (χ1n) is 5.48. The van der Waals surface area contributed by atoms with Gasteiger partial charge in [0.25, 0.3) is 0 Å². The highest BCUT2D eigenvalue weighted by Gasteiger charge is 2.61. The molecule has 1 unspecified atom stereocenters. The first-order valence-corrected chi connectivity index (χ1v) is 7.02. The van der Waals surface area contributed by atoms with Gasteiger partial charge in [-0.25, -0.2) is 4.79 Å². The summed E-state index contributed by atoms with van der Waals surface area (Å²) in [7, 11) is -3.94. The normalized spacial score (nSPS) is 16.6. The molecular formula is C10H22NO5P. The summed E-state index contributed by atoms with van der Waals surface area (Å²) in [4.78, 5) is 11.4. The number of hydrogen-bond acceptors (Lipinski definition) is 5. The van der Waals surface area contributed by atoms with Crippen LogP contribution in [0.5, 0.6) is 0 Å². The molecule has 0 aromatic rings. The van der Waals surface area contributed by atoms with Gasteiger partial charge in [-0.05, 0) is 13.8 Å². The molecule has 0 spiro atoms. The fourth-order valence-corrected chi connectivity index (χ4v) is 3.65. The quantitative estimate of drug-likeness (QED) is 0.714. The summed E-state index contributed by atoms with van der Waals surface area (Å²) >= 11 is 0. The summed E-state index contributed by atoms with van der Waals surface area (Å²) in [6.07, 6.45) is 0. The molecule has 6 nitrogen and oxygen atoms in total. The van der Waals surface area contributed by atoms with Crippen LogP contribution in [0.2, 0.25) is 0 Å². The Morgan fingerprint density at radius 1 is 1.24 bits per heavy atom. The lowest BCUT2D eigenvalue weighted by Crippen LogP contribution is -2.58. The third-order valence-electron chi connectivity index (χ3n) is 2.50. The molecule has 102 valence electrons. The van der Waals surface area contributed by atoms with E-state index in [0.717, 1.165) is 0 Å². The molecule has 0 aromatic heterocycles. The van der Waals surface area contributed by atoms with Gasteiger partial charge < -0.3 is 19.9 Å². The summed E-state index contributed by atoms with van der Waals surface area (Å²) in [5, 5.41) is 7.22. The zero-order chi connectivity index (χ0) is 13.9. The third-order valence-corrected chi connectivity index (χ3v) is 5.42. The molecule has 0 radical (unpaired) electrons. The van der Waals surface area contributed by atoms with Gasteiger partial charge in [0.15, 0.2) is 0 Å². The Balaban J connectivity index is 5.72. The third kappa shape index (κ3) is 2.88. The van der Waals surface area contributed by atoms with Crippen molar-refractivity contribution in [3.63, 3.8) is 0 Å². The Morgan fingerprint density at radius 3 is 1.76 bits per heavy atom. The molecule has 0 aromatic carbocycles. The lowest BCUT2D eigenvalue weighted by atomic mass is 9.86. The van der Waals surface area contributed by atoms with Crippen LogP contribution < -0.4 is 5.73 Å². The minimum absolute atomic E-state index is 0.0690. The lowest BCUT2D eigenvalue weighted by molar-refractivity contribution is -0.144. The molecule has 7 heteroatoms. The monoisotopic (exact) mass is 267 g/mol. The average molecular weight is 267 g/mol. The van der Waals surface area contributed by atoms with Gasteiger partial charge in [0.05, 0.1) is 13.2 Å². The molecule has 0 saturated carbocycles. The minimum Gasteiger partial charge on any atom is -0.479 e. The minimum atomic E-state index is -3.94. The van der Waals surface area contributed by atoms with Crippen LogP contribution in [-0.4, -0.2) is 29.6 Å². The van der Waals surface area contributed by atoms with E-state index in [1.165, 1.54) is 0 Å². The second kappa shape index (κ2) is 5.48. The molecule has 1 atom stereocenters. The first kappa shape index (κ1) is 16.6. The van der Waals surface area contributed by atoms with E-state index in [-0.39, 0.29) is 13.2 Å². The molecule has 0 bridgehead atoms. The maximum absolute atomic E-state index is 12.6. The molecule has 3 N–H and O–H groups in total. The van der Waals surface area contributed by atoms with Crippen LogP contribution in [0.1, 0.15) is 34.6 Å². The number of nitrogens with two attached hydrogens (primary N) is 1. The molecule has 0 amide bonds. The van der Waals surface area contributed by atoms with E-state index in [4.69, 9.17) is 14.8 Å². The van der Waals surface area contributed by atoms with E-state index in [2.05, 4.69) is 0 Å². The zero-order valence-electron chi connectivity index (χ0n) is 11.0. The van der Waals surface area contributed by atoms with E-state index >= 15 is 0 Å². The topological polar surface area (TPSA) is 98.9 Å². The van der Waals surface area contributed by atoms with Crippen molar-refractivity contribution in [2.24, 2.45) is 11.1 Å². The van der Waals surface area contributed by atoms with Crippen LogP contribution in [0.25, 0.3) is 0 Å². The van der Waals surface area contributed by atoms with E-state index in [9.17, 15) is 14.5 Å². The number of hydrogen-bond donors (Lipinski definition) is 2. The van der Waals surface area contributed by atoms with Crippen LogP contribution in [0.15, 0.2) is 0 Å². The van der Waals surface area contributed by atoms with Gasteiger partial charge in [-0.2, -0.15) is 0 Å². The Labute approximate surface area is 102 Å². The van der Waals surface area contributed by atoms with Crippen molar-refractivity contribution in [1.82, 2.24) is 0 Å². The van der Waals surface area contributed by atoms with Crippen molar-refractivity contribution in [2.45, 2.75) is 39.9 Å². The van der Waals surface area contributed by atoms with Gasteiger partial charge in [-0.1, -0.05) is 20.8 Å². The standard InChI is InChI=1S/C10H22NO5P/c1-6-15-17(14,16-7-2)10(11,8(12)13)9(3,4)5/h6-7,11H2,1-5H3,(H,12,13). The number of aliphatic carboxylic acids is 1. The highest BCUT2D eigenvalue weighted by Crippen LogP contribution is 2.63. The lowest BCUT2D eigenvalue weighted by Gasteiger charge is -2.41. The second-order valence-electron chi connectivity index (χ2n) is 4.65. The van der Waals surface area contributed by atoms with Gasteiger partial charge in [0.2, 0.25) is 5.28 Å². The first-order chi connectivity index (χ1) is 7.56. The summed E-state index contributed by atoms with van der Waals surface area (Å²) < 4.78 is 22.7. The molecular weight excluding hydrogens is 245 g/mol. The van der Waals surface area contributed by atoms with E-state index in [1.54, 1.807) is 34.6 Å². The van der Waals surface area contributed by atoms with Crippen molar-refractivity contribution in [1.29, 1.82) is 0 Å². The van der Waals surface area contributed by atoms with Crippen molar-refractivity contribution in [3.05, 3.63) is 0 Å². The Bertz CT molecular complexity index is 315. The van der Waals surface area contributed by atoms with Crippen molar-refractivity contribution in [3.8, 4) is 0 Å². The largest absolute Gasteiger partial charge is 0.479 e. The maximum Gasteiger partial charge on any atom is 0.362 e. The number of carbonyl (C=O) groups is 1. The molecule has 0 rings (SSSR count). The van der Waals surface area contributed by atoms with Crippen LogP contribution in [-0.2, 0) is 18.4 Å². The Morgan fingerprint density at radius 2 is 1.59 bits per heavy atom. The van der Waals surface area contributed by atoms with Crippen molar-refractivity contribution in [2.75, 3.05) is 13.2 Å². The van der Waals surface area contributed by atoms with Gasteiger partial charge in [-0.15, -0.1) is 0 Å². The van der Waals surface area contributed by atoms with E-state index in [0.29, 0.717) is 0 Å². The maximum atomic E-state index is 12.6. The SMILES string of the molecule is CCOP(=O)(OCC)C(N)(C(=O)O)C(C)(C)C. The zero-order valence-corrected chi connectivity index (χ0v) is 11.9. The van der Waals surface area contributed by atoms with Gasteiger partial charge >= 0.3 is 13.6 Å². The van der Waals surface area contributed by atoms with Gasteiger partial charge in [0, 0.05) is 5.41 Å². The number of carboxylic acids is 1. The van der Waals surface area contributed by atoms with Gasteiger partial charge in [0.1, 0.15) is 0 Å². The van der Waals surface area contributed by atoms with Crippen LogP contribution in [0.4, 0.5) is 0 Å². The summed E-state index contributed by atoms with van der Waals surface area (Å²) in [5.41, 5.74) is 4.88. The summed E-state index contributed by atoms with van der Waals surface area (Å²) in [6, 6.07) is 0. The molecule has 0 aliphatic rings. The molecule has 0 aliphatic carbocycles. The highest BCUT2D eigenvalue weighted by atomic mass is 31.2. The average Bonchev–Trinajstić information content (AvgIpc) is 2.14. The smallest absolute Gasteiger partial charge is 0.362 e. The molecule has 17 heavy (non-hydrogen) atoms. The van der Waals surface area contributed by atoms with E-state index in [1.807, 2.05) is 0 Å². The van der Waals surface area contributed by atoms with Crippen molar-refractivity contribution < 1.29 is 23.5 Å². The van der Waals surface area contributed by atoms with E-state index < -0.39 is 24.3 Å². The Hall–Kier alpha value is -0.420. The van der Waals surface area contributed by atoms with Gasteiger partial charge in [-0.3, -0.25) is 4.57 Å². The molecule has 0 fully saturated rings. The van der Waals surface area contributed by atoms with Crippen LogP contribution >= 0.6 is 7.60 Å².